The lowest BCUT2D eigenvalue weighted by atomic mass is 10.1. The summed E-state index contributed by atoms with van der Waals surface area (Å²) in [5.41, 5.74) is 1.06. The van der Waals surface area contributed by atoms with E-state index in [9.17, 15) is 9.59 Å². The van der Waals surface area contributed by atoms with Gasteiger partial charge in [-0.05, 0) is 17.7 Å². The molecular weight excluding hydrogens is 318 g/mol. The number of piperazine rings is 1. The molecule has 0 aliphatic carbocycles. The first kappa shape index (κ1) is 16.2. The fourth-order valence-corrected chi connectivity index (χ4v) is 2.99. The molecule has 0 radical (unpaired) electrons. The number of nitrogens with one attached hydrogen (secondary N) is 1. The molecule has 2 heterocycles. The minimum Gasteiger partial charge on any atom is -0.371 e. The van der Waals surface area contributed by atoms with Gasteiger partial charge >= 0.3 is 0 Å². The van der Waals surface area contributed by atoms with Crippen molar-refractivity contribution in [3.8, 4) is 0 Å². The normalized spacial score (nSPS) is 22.7. The van der Waals surface area contributed by atoms with E-state index in [0.29, 0.717) is 37.8 Å². The molecule has 1 aromatic rings. The summed E-state index contributed by atoms with van der Waals surface area (Å²) in [5.74, 6) is -0.0952. The highest BCUT2D eigenvalue weighted by molar-refractivity contribution is 6.30. The zero-order chi connectivity index (χ0) is 16.2. The number of ether oxygens (including phenoxy) is 1. The summed E-state index contributed by atoms with van der Waals surface area (Å²) in [5, 5.41) is 3.42. The highest BCUT2D eigenvalue weighted by Crippen LogP contribution is 2.23. The smallest absolute Gasteiger partial charge is 0.239 e. The molecule has 0 saturated carbocycles. The molecule has 6 nitrogen and oxygen atoms in total. The molecule has 0 bridgehead atoms. The zero-order valence-electron chi connectivity index (χ0n) is 12.8. The van der Waals surface area contributed by atoms with Crippen LogP contribution in [0.1, 0.15) is 11.7 Å². The van der Waals surface area contributed by atoms with Gasteiger partial charge in [0.2, 0.25) is 11.8 Å². The highest BCUT2D eigenvalue weighted by atomic mass is 35.5. The van der Waals surface area contributed by atoms with Gasteiger partial charge in [0.25, 0.3) is 0 Å². The van der Waals surface area contributed by atoms with Crippen molar-refractivity contribution in [2.75, 3.05) is 45.9 Å². The van der Waals surface area contributed by atoms with Gasteiger partial charge < -0.3 is 15.0 Å². The van der Waals surface area contributed by atoms with Gasteiger partial charge in [0.05, 0.1) is 25.8 Å². The molecule has 2 amide bonds. The van der Waals surface area contributed by atoms with Gasteiger partial charge in [-0.2, -0.15) is 0 Å². The lowest BCUT2D eigenvalue weighted by Gasteiger charge is -2.34. The number of carbonyl (C=O) groups is 2. The second-order valence-electron chi connectivity index (χ2n) is 5.81. The summed E-state index contributed by atoms with van der Waals surface area (Å²) >= 11 is 5.91. The predicted molar refractivity (Wildman–Crippen MR) is 86.2 cm³/mol. The molecule has 2 saturated heterocycles. The van der Waals surface area contributed by atoms with E-state index in [1.54, 1.807) is 4.90 Å². The van der Waals surface area contributed by atoms with Gasteiger partial charge in [-0.25, -0.2) is 0 Å². The van der Waals surface area contributed by atoms with Gasteiger partial charge in [-0.1, -0.05) is 23.7 Å². The molecule has 1 atom stereocenters. The van der Waals surface area contributed by atoms with E-state index < -0.39 is 0 Å². The second-order valence-corrected chi connectivity index (χ2v) is 6.25. The van der Waals surface area contributed by atoms with Crippen molar-refractivity contribution >= 4 is 23.4 Å². The highest BCUT2D eigenvalue weighted by Gasteiger charge is 2.27. The van der Waals surface area contributed by atoms with Crippen molar-refractivity contribution in [1.82, 2.24) is 15.1 Å². The van der Waals surface area contributed by atoms with Crippen LogP contribution in [0.15, 0.2) is 24.3 Å². The number of morpholine rings is 1. The van der Waals surface area contributed by atoms with Crippen LogP contribution < -0.4 is 5.32 Å². The summed E-state index contributed by atoms with van der Waals surface area (Å²) in [6, 6.07) is 7.59. The van der Waals surface area contributed by atoms with E-state index in [1.165, 1.54) is 0 Å². The van der Waals surface area contributed by atoms with Gasteiger partial charge in [0, 0.05) is 31.2 Å². The molecule has 1 aromatic carbocycles. The molecule has 3 rings (SSSR count). The number of hydrogen-bond donors (Lipinski definition) is 1. The summed E-state index contributed by atoms with van der Waals surface area (Å²) in [4.78, 5) is 27.4. The van der Waals surface area contributed by atoms with E-state index in [0.717, 1.165) is 12.1 Å². The zero-order valence-corrected chi connectivity index (χ0v) is 13.6. The largest absolute Gasteiger partial charge is 0.371 e. The first-order chi connectivity index (χ1) is 11.1. The molecular formula is C16H20ClN3O3. The Labute approximate surface area is 140 Å². The number of rotatable bonds is 3. The maximum Gasteiger partial charge on any atom is 0.239 e. The van der Waals surface area contributed by atoms with Crippen LogP contribution in [0.3, 0.4) is 0 Å². The molecule has 2 aliphatic heterocycles. The third-order valence-electron chi connectivity index (χ3n) is 4.14. The van der Waals surface area contributed by atoms with Crippen LogP contribution in [0.4, 0.5) is 0 Å². The Morgan fingerprint density at radius 1 is 1.30 bits per heavy atom. The summed E-state index contributed by atoms with van der Waals surface area (Å²) < 4.78 is 5.80. The quantitative estimate of drug-likeness (QED) is 0.880. The van der Waals surface area contributed by atoms with Crippen molar-refractivity contribution in [3.63, 3.8) is 0 Å². The lowest BCUT2D eigenvalue weighted by Crippen LogP contribution is -2.53. The molecule has 124 valence electrons. The van der Waals surface area contributed by atoms with Crippen LogP contribution in [-0.2, 0) is 14.3 Å². The number of halogens is 1. The lowest BCUT2D eigenvalue weighted by molar-refractivity contribution is -0.140. The fraction of sp³-hybridized carbons (Fsp3) is 0.500. The topological polar surface area (TPSA) is 61.9 Å². The molecule has 2 fully saturated rings. The van der Waals surface area contributed by atoms with Crippen LogP contribution in [0.25, 0.3) is 0 Å². The van der Waals surface area contributed by atoms with E-state index in [2.05, 4.69) is 10.2 Å². The van der Waals surface area contributed by atoms with Crippen LogP contribution in [-0.4, -0.2) is 67.5 Å². The first-order valence-electron chi connectivity index (χ1n) is 7.76. The summed E-state index contributed by atoms with van der Waals surface area (Å²) in [6.45, 7) is 3.55. The Morgan fingerprint density at radius 2 is 2.09 bits per heavy atom. The van der Waals surface area contributed by atoms with Crippen LogP contribution in [0, 0.1) is 0 Å². The molecule has 23 heavy (non-hydrogen) atoms. The van der Waals surface area contributed by atoms with Crippen LogP contribution in [0.5, 0.6) is 0 Å². The maximum absolute atomic E-state index is 12.3. The molecule has 7 heteroatoms. The van der Waals surface area contributed by atoms with Crippen LogP contribution in [0.2, 0.25) is 5.02 Å². The average molecular weight is 338 g/mol. The van der Waals surface area contributed by atoms with Crippen molar-refractivity contribution in [1.29, 1.82) is 0 Å². The number of carbonyl (C=O) groups excluding carboxylic acids is 2. The molecule has 1 N–H and O–H groups in total. The van der Waals surface area contributed by atoms with Gasteiger partial charge in [0.15, 0.2) is 0 Å². The Bertz CT molecular complexity index is 578. The number of amides is 2. The third kappa shape index (κ3) is 4.22. The Morgan fingerprint density at radius 3 is 2.83 bits per heavy atom. The molecule has 0 aromatic heterocycles. The van der Waals surface area contributed by atoms with Gasteiger partial charge in [-0.3, -0.25) is 14.5 Å². The minimum absolute atomic E-state index is 0.00314. The molecule has 2 aliphatic rings. The first-order valence-corrected chi connectivity index (χ1v) is 8.13. The second kappa shape index (κ2) is 7.29. The SMILES string of the molecule is O=C1CN(C(=O)CN2CCO[C@H](c3ccc(Cl)cc3)C2)CCN1. The minimum atomic E-state index is -0.0920. The van der Waals surface area contributed by atoms with E-state index >= 15 is 0 Å². The Hall–Kier alpha value is -1.63. The summed E-state index contributed by atoms with van der Waals surface area (Å²) in [6.07, 6.45) is -0.0570. The molecule has 0 spiro atoms. The Balaban J connectivity index is 1.57. The van der Waals surface area contributed by atoms with Gasteiger partial charge in [-0.15, -0.1) is 0 Å². The maximum atomic E-state index is 12.3. The fourth-order valence-electron chi connectivity index (χ4n) is 2.87. The predicted octanol–water partition coefficient (Wildman–Crippen LogP) is 0.672. The molecule has 0 unspecified atom stereocenters. The third-order valence-corrected chi connectivity index (χ3v) is 4.39. The number of benzene rings is 1. The average Bonchev–Trinajstić information content (AvgIpc) is 2.56. The monoisotopic (exact) mass is 337 g/mol. The number of nitrogens with zero attached hydrogens (tertiary/aromatic N) is 2. The van der Waals surface area contributed by atoms with E-state index in [4.69, 9.17) is 16.3 Å². The van der Waals surface area contributed by atoms with Crippen LogP contribution >= 0.6 is 11.6 Å². The Kier molecular flexibility index (Phi) is 5.15. The van der Waals surface area contributed by atoms with E-state index in [1.807, 2.05) is 24.3 Å². The van der Waals surface area contributed by atoms with Gasteiger partial charge in [0.1, 0.15) is 0 Å². The standard InChI is InChI=1S/C16H20ClN3O3/c17-13-3-1-12(2-4-13)14-9-19(7-8-23-14)11-16(22)20-6-5-18-15(21)10-20/h1-4,14H,5-11H2,(H,18,21)/t14-/m0/s1. The van der Waals surface area contributed by atoms with E-state index in [-0.39, 0.29) is 24.5 Å². The van der Waals surface area contributed by atoms with Crippen molar-refractivity contribution in [2.24, 2.45) is 0 Å². The van der Waals surface area contributed by atoms with Crippen molar-refractivity contribution in [3.05, 3.63) is 34.9 Å². The number of hydrogen-bond acceptors (Lipinski definition) is 4. The van der Waals surface area contributed by atoms with Crippen molar-refractivity contribution < 1.29 is 14.3 Å². The summed E-state index contributed by atoms with van der Waals surface area (Å²) in [7, 11) is 0. The van der Waals surface area contributed by atoms with Crippen molar-refractivity contribution in [2.45, 2.75) is 6.10 Å².